The molecule has 1 N–H and O–H groups in total. The van der Waals surface area contributed by atoms with Gasteiger partial charge in [-0.25, -0.2) is 0 Å². The van der Waals surface area contributed by atoms with Gasteiger partial charge in [0.25, 0.3) is 0 Å². The molecule has 0 aromatic heterocycles. The number of benzene rings is 4. The van der Waals surface area contributed by atoms with Gasteiger partial charge in [0.15, 0.2) is 0 Å². The van der Waals surface area contributed by atoms with Crippen LogP contribution in [0.15, 0.2) is 119 Å². The van der Waals surface area contributed by atoms with Crippen molar-refractivity contribution < 1.29 is 4.74 Å². The molecule has 0 bridgehead atoms. The highest BCUT2D eigenvalue weighted by Crippen LogP contribution is 2.49. The van der Waals surface area contributed by atoms with Gasteiger partial charge < -0.3 is 10.1 Å². The zero-order valence-electron chi connectivity index (χ0n) is 19.8. The predicted molar refractivity (Wildman–Crippen MR) is 151 cm³/mol. The highest BCUT2D eigenvalue weighted by atomic mass is 79.9. The number of aliphatic imine (C=N–C) groups is 1. The van der Waals surface area contributed by atoms with Crippen LogP contribution < -0.4 is 10.1 Å². The molecule has 0 spiro atoms. The Morgan fingerprint density at radius 1 is 0.889 bits per heavy atom. The Kier molecular flexibility index (Phi) is 6.44. The van der Waals surface area contributed by atoms with Crippen molar-refractivity contribution >= 4 is 33.5 Å². The van der Waals surface area contributed by atoms with Crippen molar-refractivity contribution in [1.29, 1.82) is 0 Å². The fourth-order valence-corrected chi connectivity index (χ4v) is 5.51. The van der Waals surface area contributed by atoms with E-state index in [1.54, 1.807) is 0 Å². The number of hydrogen-bond donors (Lipinski definition) is 1. The molecule has 36 heavy (non-hydrogen) atoms. The fourth-order valence-electron chi connectivity index (χ4n) is 5.25. The Labute approximate surface area is 220 Å². The lowest BCUT2D eigenvalue weighted by Crippen LogP contribution is -2.28. The van der Waals surface area contributed by atoms with Gasteiger partial charge in [-0.15, -0.1) is 0 Å². The van der Waals surface area contributed by atoms with E-state index in [0.29, 0.717) is 24.5 Å². The number of nitrogens with one attached hydrogen (secondary N) is 1. The second-order valence-corrected chi connectivity index (χ2v) is 10.3. The molecule has 0 amide bonds. The van der Waals surface area contributed by atoms with Crippen LogP contribution in [0.2, 0.25) is 0 Å². The lowest BCUT2D eigenvalue weighted by atomic mass is 9.77. The number of nitrogens with zero attached hydrogens (tertiary/aromatic N) is 1. The highest BCUT2D eigenvalue weighted by molar-refractivity contribution is 9.10. The summed E-state index contributed by atoms with van der Waals surface area (Å²) in [5.41, 5.74) is 6.98. The minimum atomic E-state index is 0.297. The molecule has 2 aliphatic rings. The molecule has 0 radical (unpaired) electrons. The van der Waals surface area contributed by atoms with Gasteiger partial charge in [-0.3, -0.25) is 4.99 Å². The quantitative estimate of drug-likeness (QED) is 0.198. The van der Waals surface area contributed by atoms with Crippen molar-refractivity contribution in [2.24, 2.45) is 10.9 Å². The van der Waals surface area contributed by atoms with Crippen molar-refractivity contribution in [1.82, 2.24) is 0 Å². The number of para-hydroxylation sites is 2. The summed E-state index contributed by atoms with van der Waals surface area (Å²) in [6.45, 7) is 0.515. The molecule has 4 aromatic carbocycles. The van der Waals surface area contributed by atoms with Gasteiger partial charge in [0.2, 0.25) is 0 Å². The number of allylic oxidation sites excluding steroid dienone is 2. The van der Waals surface area contributed by atoms with Crippen molar-refractivity contribution in [3.05, 3.63) is 136 Å². The normalized spacial score (nSPS) is 20.1. The largest absolute Gasteiger partial charge is 0.488 e. The number of halogens is 1. The second kappa shape index (κ2) is 10.2. The third kappa shape index (κ3) is 4.74. The first-order valence-corrected chi connectivity index (χ1v) is 13.2. The summed E-state index contributed by atoms with van der Waals surface area (Å²) in [5.74, 6) is 1.86. The van der Waals surface area contributed by atoms with Gasteiger partial charge in [0.1, 0.15) is 12.4 Å². The number of hydrogen-bond acceptors (Lipinski definition) is 3. The number of anilines is 1. The van der Waals surface area contributed by atoms with Crippen molar-refractivity contribution in [3.8, 4) is 5.75 Å². The Hall–Kier alpha value is -3.63. The molecule has 178 valence electrons. The SMILES string of the molecule is Brc1ccc(COc2ccccc2C=Nc2ccc([C@@H]3Nc4ccccc4[C@H]4C=CC[C@H]43)cc2)cc1. The van der Waals surface area contributed by atoms with Gasteiger partial charge in [-0.05, 0) is 71.5 Å². The van der Waals surface area contributed by atoms with Gasteiger partial charge in [-0.2, -0.15) is 0 Å². The summed E-state index contributed by atoms with van der Waals surface area (Å²) in [5, 5.41) is 3.80. The van der Waals surface area contributed by atoms with E-state index in [0.717, 1.165) is 33.5 Å². The molecule has 4 heteroatoms. The van der Waals surface area contributed by atoms with Crippen LogP contribution in [-0.2, 0) is 6.61 Å². The minimum Gasteiger partial charge on any atom is -0.488 e. The van der Waals surface area contributed by atoms with E-state index in [1.165, 1.54) is 16.8 Å². The molecule has 0 fully saturated rings. The Morgan fingerprint density at radius 2 is 1.67 bits per heavy atom. The van der Waals surface area contributed by atoms with Crippen LogP contribution in [0.5, 0.6) is 5.75 Å². The molecular weight excluding hydrogens is 508 g/mol. The smallest absolute Gasteiger partial charge is 0.128 e. The zero-order valence-corrected chi connectivity index (χ0v) is 21.4. The summed E-state index contributed by atoms with van der Waals surface area (Å²) < 4.78 is 7.16. The minimum absolute atomic E-state index is 0.297. The number of rotatable bonds is 6. The molecule has 0 saturated heterocycles. The molecule has 3 nitrogen and oxygen atoms in total. The van der Waals surface area contributed by atoms with E-state index in [-0.39, 0.29) is 0 Å². The van der Waals surface area contributed by atoms with Gasteiger partial charge >= 0.3 is 0 Å². The first-order chi connectivity index (χ1) is 17.7. The van der Waals surface area contributed by atoms with Crippen LogP contribution in [0, 0.1) is 5.92 Å². The molecule has 6 rings (SSSR count). The molecule has 4 aromatic rings. The van der Waals surface area contributed by atoms with Gasteiger partial charge in [0, 0.05) is 27.9 Å². The van der Waals surface area contributed by atoms with E-state index in [2.05, 4.69) is 94.1 Å². The van der Waals surface area contributed by atoms with Crippen molar-refractivity contribution in [2.75, 3.05) is 5.32 Å². The maximum Gasteiger partial charge on any atom is 0.128 e. The summed E-state index contributed by atoms with van der Waals surface area (Å²) in [6, 6.07) is 33.8. The van der Waals surface area contributed by atoms with E-state index >= 15 is 0 Å². The van der Waals surface area contributed by atoms with Crippen LogP contribution in [0.25, 0.3) is 0 Å². The number of fused-ring (bicyclic) bond motifs is 3. The average Bonchev–Trinajstić information content (AvgIpc) is 3.42. The Balaban J connectivity index is 1.17. The lowest BCUT2D eigenvalue weighted by molar-refractivity contribution is 0.306. The third-order valence-corrected chi connectivity index (χ3v) is 7.63. The molecular formula is C32H27BrN2O. The number of ether oxygens (including phenoxy) is 1. The van der Waals surface area contributed by atoms with Gasteiger partial charge in [0.05, 0.1) is 11.7 Å². The molecule has 0 unspecified atom stereocenters. The Morgan fingerprint density at radius 3 is 2.53 bits per heavy atom. The highest BCUT2D eigenvalue weighted by Gasteiger charge is 2.37. The molecule has 1 aliphatic heterocycles. The summed E-state index contributed by atoms with van der Waals surface area (Å²) in [6.07, 6.45) is 7.71. The molecule has 3 atom stereocenters. The molecule has 1 heterocycles. The van der Waals surface area contributed by atoms with Gasteiger partial charge in [-0.1, -0.05) is 82.7 Å². The maximum absolute atomic E-state index is 6.10. The summed E-state index contributed by atoms with van der Waals surface area (Å²) in [7, 11) is 0. The van der Waals surface area contributed by atoms with E-state index in [1.807, 2.05) is 42.6 Å². The van der Waals surface area contributed by atoms with E-state index in [4.69, 9.17) is 9.73 Å². The summed E-state index contributed by atoms with van der Waals surface area (Å²) in [4.78, 5) is 4.75. The molecule has 1 aliphatic carbocycles. The third-order valence-electron chi connectivity index (χ3n) is 7.10. The molecule has 0 saturated carbocycles. The van der Waals surface area contributed by atoms with Crippen LogP contribution in [0.1, 0.15) is 40.6 Å². The van der Waals surface area contributed by atoms with Crippen LogP contribution in [0.4, 0.5) is 11.4 Å². The monoisotopic (exact) mass is 534 g/mol. The Bertz CT molecular complexity index is 1410. The van der Waals surface area contributed by atoms with Crippen molar-refractivity contribution in [3.63, 3.8) is 0 Å². The van der Waals surface area contributed by atoms with Crippen LogP contribution in [0.3, 0.4) is 0 Å². The first-order valence-electron chi connectivity index (χ1n) is 12.4. The second-order valence-electron chi connectivity index (χ2n) is 9.37. The fraction of sp³-hybridized carbons (Fsp3) is 0.156. The predicted octanol–water partition coefficient (Wildman–Crippen LogP) is 8.61. The standard InChI is InChI=1S/C32H27BrN2O/c33-25-16-12-22(13-17-25)21-36-31-11-4-1-6-24(31)20-34-26-18-14-23(15-19-26)32-29-9-5-8-27(29)28-7-2-3-10-30(28)35-32/h1-8,10-20,27,29,32,35H,9,21H2/t27-,29-,32+/m1/s1. The maximum atomic E-state index is 6.10. The topological polar surface area (TPSA) is 33.6 Å². The van der Waals surface area contributed by atoms with E-state index in [9.17, 15) is 0 Å². The van der Waals surface area contributed by atoms with E-state index < -0.39 is 0 Å². The zero-order chi connectivity index (χ0) is 24.3. The summed E-state index contributed by atoms with van der Waals surface area (Å²) >= 11 is 3.48. The van der Waals surface area contributed by atoms with Crippen LogP contribution in [-0.4, -0.2) is 6.21 Å². The lowest BCUT2D eigenvalue weighted by Gasteiger charge is -2.37. The first kappa shape index (κ1) is 22.8. The average molecular weight is 535 g/mol. The van der Waals surface area contributed by atoms with Crippen molar-refractivity contribution in [2.45, 2.75) is 25.0 Å². The van der Waals surface area contributed by atoms with Crippen LogP contribution >= 0.6 is 15.9 Å².